The number of hydrogen-bond donors (Lipinski definition) is 3. The third-order valence-corrected chi connectivity index (χ3v) is 1.13. The zero-order chi connectivity index (χ0) is 9.68. The second-order valence-electron chi connectivity index (χ2n) is 2.15. The van der Waals surface area contributed by atoms with Crippen LogP contribution in [0.25, 0.3) is 0 Å². The van der Waals surface area contributed by atoms with Gasteiger partial charge in [-0.3, -0.25) is 4.79 Å². The molecular formula is C6H8N4O3. The number of hydrogen-bond acceptors (Lipinski definition) is 4. The van der Waals surface area contributed by atoms with Gasteiger partial charge in [0.1, 0.15) is 6.26 Å². The monoisotopic (exact) mass is 184 g/mol. The zero-order valence-electron chi connectivity index (χ0n) is 6.61. The first-order chi connectivity index (χ1) is 6.18. The molecule has 0 atom stereocenters. The van der Waals surface area contributed by atoms with E-state index in [4.69, 9.17) is 5.73 Å². The molecule has 0 saturated carbocycles. The van der Waals surface area contributed by atoms with E-state index >= 15 is 0 Å². The van der Waals surface area contributed by atoms with Crippen LogP contribution in [0.2, 0.25) is 0 Å². The number of rotatable bonds is 3. The minimum absolute atomic E-state index is 0.192. The van der Waals surface area contributed by atoms with Crippen molar-refractivity contribution in [3.8, 4) is 0 Å². The lowest BCUT2D eigenvalue weighted by Gasteiger charge is -2.00. The van der Waals surface area contributed by atoms with Gasteiger partial charge in [0.2, 0.25) is 5.91 Å². The van der Waals surface area contributed by atoms with Crippen molar-refractivity contribution in [3.05, 3.63) is 12.3 Å². The molecule has 0 aliphatic rings. The van der Waals surface area contributed by atoms with Crippen LogP contribution in [-0.4, -0.2) is 23.6 Å². The molecular weight excluding hydrogens is 176 g/mol. The van der Waals surface area contributed by atoms with Crippen LogP contribution in [0.15, 0.2) is 16.9 Å². The highest BCUT2D eigenvalue weighted by Gasteiger charge is 2.04. The Hall–Kier alpha value is -2.05. The Bertz CT molecular complexity index is 295. The van der Waals surface area contributed by atoms with Crippen LogP contribution in [0.3, 0.4) is 0 Å². The molecule has 4 N–H and O–H groups in total. The summed E-state index contributed by atoms with van der Waals surface area (Å²) in [6, 6.07) is 0.720. The van der Waals surface area contributed by atoms with E-state index in [2.05, 4.69) is 20.3 Å². The lowest BCUT2D eigenvalue weighted by Crippen LogP contribution is -2.36. The Labute approximate surface area is 73.3 Å². The number of primary amides is 1. The Balaban J connectivity index is 2.30. The van der Waals surface area contributed by atoms with Crippen LogP contribution in [0, 0.1) is 0 Å². The van der Waals surface area contributed by atoms with Gasteiger partial charge in [-0.2, -0.15) is 0 Å². The summed E-state index contributed by atoms with van der Waals surface area (Å²) in [7, 11) is 0. The Morgan fingerprint density at radius 2 is 2.38 bits per heavy atom. The molecule has 70 valence electrons. The molecule has 0 radical (unpaired) electrons. The summed E-state index contributed by atoms with van der Waals surface area (Å²) in [6.07, 6.45) is 1.32. The van der Waals surface area contributed by atoms with Gasteiger partial charge in [-0.05, 0) is 0 Å². The number of carbonyl (C=O) groups excluding carboxylic acids is 2. The fourth-order valence-electron chi connectivity index (χ4n) is 0.631. The standard InChI is InChI=1S/C6H8N4O3/c7-6(12)8-3-5(11)9-4-1-2-13-10-4/h1-2H,3H2,(H3,7,8,12)(H,9,10,11). The summed E-state index contributed by atoms with van der Waals surface area (Å²) in [5.41, 5.74) is 4.75. The maximum atomic E-state index is 11.0. The van der Waals surface area contributed by atoms with E-state index in [1.54, 1.807) is 0 Å². The molecule has 0 aromatic carbocycles. The molecule has 7 heteroatoms. The number of nitrogens with two attached hydrogens (primary N) is 1. The molecule has 1 aromatic rings. The van der Waals surface area contributed by atoms with Crippen molar-refractivity contribution in [1.29, 1.82) is 0 Å². The molecule has 0 aliphatic heterocycles. The fraction of sp³-hybridized carbons (Fsp3) is 0.167. The van der Waals surface area contributed by atoms with Crippen LogP contribution in [0.1, 0.15) is 0 Å². The zero-order valence-corrected chi connectivity index (χ0v) is 6.61. The van der Waals surface area contributed by atoms with Crippen molar-refractivity contribution in [1.82, 2.24) is 10.5 Å². The Morgan fingerprint density at radius 1 is 1.62 bits per heavy atom. The van der Waals surface area contributed by atoms with Gasteiger partial charge in [0.05, 0.1) is 6.54 Å². The van der Waals surface area contributed by atoms with Crippen LogP contribution in [0.4, 0.5) is 10.6 Å². The SMILES string of the molecule is NC(=O)NCC(=O)Nc1ccon1. The van der Waals surface area contributed by atoms with Crippen LogP contribution in [-0.2, 0) is 4.79 Å². The summed E-state index contributed by atoms with van der Waals surface area (Å²) in [5, 5.41) is 7.92. The van der Waals surface area contributed by atoms with Crippen LogP contribution in [0.5, 0.6) is 0 Å². The van der Waals surface area contributed by atoms with Crippen molar-refractivity contribution in [2.45, 2.75) is 0 Å². The summed E-state index contributed by atoms with van der Waals surface area (Å²) in [4.78, 5) is 21.2. The number of urea groups is 1. The first-order valence-electron chi connectivity index (χ1n) is 3.42. The summed E-state index contributed by atoms with van der Waals surface area (Å²) in [5.74, 6) is -0.135. The third-order valence-electron chi connectivity index (χ3n) is 1.13. The average molecular weight is 184 g/mol. The maximum absolute atomic E-state index is 11.0. The van der Waals surface area contributed by atoms with E-state index in [0.29, 0.717) is 0 Å². The highest BCUT2D eigenvalue weighted by atomic mass is 16.5. The number of anilines is 1. The van der Waals surface area contributed by atoms with Crippen molar-refractivity contribution < 1.29 is 14.1 Å². The minimum Gasteiger partial charge on any atom is -0.363 e. The Kier molecular flexibility index (Phi) is 2.85. The number of amides is 3. The smallest absolute Gasteiger partial charge is 0.312 e. The number of nitrogens with one attached hydrogen (secondary N) is 2. The first-order valence-corrected chi connectivity index (χ1v) is 3.42. The van der Waals surface area contributed by atoms with Gasteiger partial charge in [0.25, 0.3) is 0 Å². The van der Waals surface area contributed by atoms with E-state index in [9.17, 15) is 9.59 Å². The number of nitrogens with zero attached hydrogens (tertiary/aromatic N) is 1. The quantitative estimate of drug-likeness (QED) is 0.575. The van der Waals surface area contributed by atoms with Gasteiger partial charge in [-0.15, -0.1) is 0 Å². The molecule has 13 heavy (non-hydrogen) atoms. The predicted octanol–water partition coefficient (Wildman–Crippen LogP) is -0.719. The van der Waals surface area contributed by atoms with Crippen molar-refractivity contribution in [2.75, 3.05) is 11.9 Å². The van der Waals surface area contributed by atoms with E-state index in [0.717, 1.165) is 0 Å². The predicted molar refractivity (Wildman–Crippen MR) is 42.7 cm³/mol. The fourth-order valence-corrected chi connectivity index (χ4v) is 0.631. The summed E-state index contributed by atoms with van der Waals surface area (Å²) in [6.45, 7) is -0.192. The molecule has 1 aromatic heterocycles. The molecule has 1 rings (SSSR count). The van der Waals surface area contributed by atoms with Gasteiger partial charge in [-0.1, -0.05) is 5.16 Å². The summed E-state index contributed by atoms with van der Waals surface area (Å²) < 4.78 is 4.46. The van der Waals surface area contributed by atoms with E-state index < -0.39 is 11.9 Å². The molecule has 0 fully saturated rings. The largest absolute Gasteiger partial charge is 0.363 e. The van der Waals surface area contributed by atoms with Crippen LogP contribution >= 0.6 is 0 Å². The lowest BCUT2D eigenvalue weighted by atomic mass is 10.5. The molecule has 0 aliphatic carbocycles. The third kappa shape index (κ3) is 3.23. The minimum atomic E-state index is -0.754. The molecule has 7 nitrogen and oxygen atoms in total. The highest BCUT2D eigenvalue weighted by molar-refractivity contribution is 5.93. The number of carbonyl (C=O) groups is 2. The molecule has 0 unspecified atom stereocenters. The molecule has 1 heterocycles. The van der Waals surface area contributed by atoms with Gasteiger partial charge in [0, 0.05) is 6.07 Å². The molecule has 0 saturated heterocycles. The maximum Gasteiger partial charge on any atom is 0.312 e. The number of aromatic nitrogens is 1. The van der Waals surface area contributed by atoms with E-state index in [-0.39, 0.29) is 12.4 Å². The second kappa shape index (κ2) is 4.10. The Morgan fingerprint density at radius 3 is 2.92 bits per heavy atom. The van der Waals surface area contributed by atoms with Crippen LogP contribution < -0.4 is 16.4 Å². The van der Waals surface area contributed by atoms with Crippen molar-refractivity contribution in [2.24, 2.45) is 5.73 Å². The second-order valence-corrected chi connectivity index (χ2v) is 2.15. The van der Waals surface area contributed by atoms with Crippen molar-refractivity contribution in [3.63, 3.8) is 0 Å². The van der Waals surface area contributed by atoms with E-state index in [1.807, 2.05) is 0 Å². The van der Waals surface area contributed by atoms with Gasteiger partial charge in [-0.25, -0.2) is 4.79 Å². The molecule has 3 amide bonds. The van der Waals surface area contributed by atoms with Gasteiger partial charge >= 0.3 is 6.03 Å². The van der Waals surface area contributed by atoms with Crippen molar-refractivity contribution >= 4 is 17.8 Å². The first kappa shape index (κ1) is 9.04. The molecule has 0 bridgehead atoms. The highest BCUT2D eigenvalue weighted by Crippen LogP contribution is 1.99. The summed E-state index contributed by atoms with van der Waals surface area (Å²) >= 11 is 0. The van der Waals surface area contributed by atoms with E-state index in [1.165, 1.54) is 12.3 Å². The average Bonchev–Trinajstić information content (AvgIpc) is 2.53. The topological polar surface area (TPSA) is 110 Å². The lowest BCUT2D eigenvalue weighted by molar-refractivity contribution is -0.115. The molecule has 0 spiro atoms. The normalized spacial score (nSPS) is 9.23. The van der Waals surface area contributed by atoms with Gasteiger partial charge in [0.15, 0.2) is 5.82 Å². The van der Waals surface area contributed by atoms with Gasteiger partial charge < -0.3 is 20.9 Å².